The summed E-state index contributed by atoms with van der Waals surface area (Å²) < 4.78 is 1.26. The van der Waals surface area contributed by atoms with Crippen LogP contribution in [0.15, 0.2) is 23.7 Å². The molecule has 0 aliphatic heterocycles. The first-order chi connectivity index (χ1) is 9.95. The molecule has 0 bridgehead atoms. The topological polar surface area (TPSA) is 28.2 Å². The molecule has 1 N–H and O–H groups in total. The highest BCUT2D eigenvalue weighted by molar-refractivity contribution is 7.16. The fourth-order valence-electron chi connectivity index (χ4n) is 3.46. The van der Waals surface area contributed by atoms with Crippen LogP contribution in [0, 0.1) is 5.41 Å². The minimum absolute atomic E-state index is 0.310. The Bertz CT molecular complexity index is 617. The first-order valence-electron chi connectivity index (χ1n) is 7.72. The first kappa shape index (κ1) is 14.8. The van der Waals surface area contributed by atoms with Crippen molar-refractivity contribution in [1.29, 1.82) is 0 Å². The zero-order chi connectivity index (χ0) is 15.0. The van der Waals surface area contributed by atoms with Gasteiger partial charge in [0.15, 0.2) is 0 Å². The summed E-state index contributed by atoms with van der Waals surface area (Å²) in [7, 11) is 4.40. The van der Waals surface area contributed by atoms with Crippen LogP contribution in [0.3, 0.4) is 0 Å². The molecule has 0 unspecified atom stereocenters. The smallest absolute Gasteiger partial charge is 0.0832 e. The molecule has 1 heterocycles. The van der Waals surface area contributed by atoms with E-state index in [1.54, 1.807) is 11.3 Å². The quantitative estimate of drug-likeness (QED) is 0.920. The van der Waals surface area contributed by atoms with Gasteiger partial charge in [0.1, 0.15) is 0 Å². The van der Waals surface area contributed by atoms with E-state index in [1.807, 2.05) is 5.51 Å². The van der Waals surface area contributed by atoms with Gasteiger partial charge in [0, 0.05) is 17.8 Å². The minimum atomic E-state index is 0.310. The zero-order valence-electron chi connectivity index (χ0n) is 13.4. The molecule has 0 radical (unpaired) electrons. The van der Waals surface area contributed by atoms with Gasteiger partial charge >= 0.3 is 0 Å². The summed E-state index contributed by atoms with van der Waals surface area (Å²) in [4.78, 5) is 6.79. The van der Waals surface area contributed by atoms with Crippen molar-refractivity contribution < 1.29 is 0 Å². The molecule has 4 heteroatoms. The Balaban J connectivity index is 1.74. The second kappa shape index (κ2) is 5.58. The van der Waals surface area contributed by atoms with Crippen molar-refractivity contribution in [1.82, 2.24) is 9.88 Å². The van der Waals surface area contributed by atoms with Gasteiger partial charge in [-0.2, -0.15) is 0 Å². The lowest BCUT2D eigenvalue weighted by Crippen LogP contribution is -2.47. The third kappa shape index (κ3) is 3.06. The number of anilines is 1. The summed E-state index contributed by atoms with van der Waals surface area (Å²) in [6.45, 7) is 4.78. The van der Waals surface area contributed by atoms with Crippen LogP contribution in [0.1, 0.15) is 33.1 Å². The predicted octanol–water partition coefficient (Wildman–Crippen LogP) is 4.22. The van der Waals surface area contributed by atoms with Crippen LogP contribution in [-0.4, -0.2) is 36.1 Å². The number of rotatable bonds is 3. The van der Waals surface area contributed by atoms with Gasteiger partial charge in [-0.15, -0.1) is 11.3 Å². The molecule has 0 amide bonds. The van der Waals surface area contributed by atoms with E-state index in [4.69, 9.17) is 0 Å². The zero-order valence-corrected chi connectivity index (χ0v) is 14.2. The van der Waals surface area contributed by atoms with Gasteiger partial charge < -0.3 is 10.2 Å². The number of aromatic nitrogens is 1. The maximum atomic E-state index is 4.42. The molecule has 0 saturated heterocycles. The van der Waals surface area contributed by atoms with Crippen molar-refractivity contribution in [3.05, 3.63) is 23.7 Å². The maximum Gasteiger partial charge on any atom is 0.0832 e. The molecule has 2 aromatic rings. The molecule has 114 valence electrons. The summed E-state index contributed by atoms with van der Waals surface area (Å²) in [6, 6.07) is 7.78. The number of benzene rings is 1. The number of hydrogen-bond donors (Lipinski definition) is 1. The monoisotopic (exact) mass is 303 g/mol. The lowest BCUT2D eigenvalue weighted by molar-refractivity contribution is 0.119. The van der Waals surface area contributed by atoms with E-state index < -0.39 is 0 Å². The largest absolute Gasteiger partial charge is 0.382 e. The third-order valence-electron chi connectivity index (χ3n) is 4.90. The van der Waals surface area contributed by atoms with E-state index in [9.17, 15) is 0 Å². The number of fused-ring (bicyclic) bond motifs is 1. The van der Waals surface area contributed by atoms with Crippen LogP contribution in [0.5, 0.6) is 0 Å². The van der Waals surface area contributed by atoms with Crippen LogP contribution in [0.25, 0.3) is 10.2 Å². The normalized spacial score (nSPS) is 25.4. The average Bonchev–Trinajstić information content (AvgIpc) is 2.88. The maximum absolute atomic E-state index is 4.42. The number of nitrogens with zero attached hydrogens (tertiary/aromatic N) is 2. The molecule has 1 aliphatic carbocycles. The Kier molecular flexibility index (Phi) is 3.93. The van der Waals surface area contributed by atoms with Gasteiger partial charge in [0.2, 0.25) is 0 Å². The average molecular weight is 303 g/mol. The molecule has 2 atom stereocenters. The van der Waals surface area contributed by atoms with E-state index in [2.05, 4.69) is 61.3 Å². The van der Waals surface area contributed by atoms with E-state index in [1.165, 1.54) is 29.6 Å². The Morgan fingerprint density at radius 3 is 2.81 bits per heavy atom. The standard InChI is InChI=1S/C17H25N3S/c1-17(2)10-13(20(3)4)6-8-16(17)19-12-5-7-15-14(9-12)18-11-21-15/h5,7,9,11,13,16,19H,6,8,10H2,1-4H3/t13-,16+/m1/s1. The highest BCUT2D eigenvalue weighted by atomic mass is 32.1. The lowest BCUT2D eigenvalue weighted by Gasteiger charge is -2.45. The van der Waals surface area contributed by atoms with Gasteiger partial charge in [-0.05, 0) is 57.0 Å². The molecule has 1 aromatic heterocycles. The number of nitrogens with one attached hydrogen (secondary N) is 1. The molecule has 0 spiro atoms. The van der Waals surface area contributed by atoms with Crippen LogP contribution >= 0.6 is 11.3 Å². The Morgan fingerprint density at radius 2 is 2.10 bits per heavy atom. The molecule has 1 aliphatic rings. The molecule has 21 heavy (non-hydrogen) atoms. The van der Waals surface area contributed by atoms with Crippen molar-refractivity contribution in [3.8, 4) is 0 Å². The van der Waals surface area contributed by atoms with Gasteiger partial charge in [0.05, 0.1) is 15.7 Å². The molecular formula is C17H25N3S. The van der Waals surface area contributed by atoms with Crippen LogP contribution < -0.4 is 5.32 Å². The van der Waals surface area contributed by atoms with Crippen molar-refractivity contribution in [2.75, 3.05) is 19.4 Å². The van der Waals surface area contributed by atoms with E-state index in [-0.39, 0.29) is 0 Å². The summed E-state index contributed by atoms with van der Waals surface area (Å²) in [6.07, 6.45) is 3.74. The predicted molar refractivity (Wildman–Crippen MR) is 92.1 cm³/mol. The van der Waals surface area contributed by atoms with Crippen LogP contribution in [0.4, 0.5) is 5.69 Å². The fourth-order valence-corrected chi connectivity index (χ4v) is 4.12. The summed E-state index contributed by atoms with van der Waals surface area (Å²) in [5, 5.41) is 3.76. The van der Waals surface area contributed by atoms with Gasteiger partial charge in [-0.3, -0.25) is 0 Å². The van der Waals surface area contributed by atoms with Crippen molar-refractivity contribution >= 4 is 27.2 Å². The Morgan fingerprint density at radius 1 is 1.29 bits per heavy atom. The summed E-state index contributed by atoms with van der Waals surface area (Å²) >= 11 is 1.70. The van der Waals surface area contributed by atoms with Gasteiger partial charge in [0.25, 0.3) is 0 Å². The SMILES string of the molecule is CN(C)[C@@H]1CC[C@H](Nc2ccc3scnc3c2)C(C)(C)C1. The number of hydrogen-bond acceptors (Lipinski definition) is 4. The van der Waals surface area contributed by atoms with Gasteiger partial charge in [-0.25, -0.2) is 4.98 Å². The summed E-state index contributed by atoms with van der Waals surface area (Å²) in [5.74, 6) is 0. The highest BCUT2D eigenvalue weighted by Crippen LogP contribution is 2.39. The molecular weight excluding hydrogens is 278 g/mol. The van der Waals surface area contributed by atoms with Crippen LogP contribution in [-0.2, 0) is 0 Å². The molecule has 1 fully saturated rings. The van der Waals surface area contributed by atoms with Crippen molar-refractivity contribution in [2.45, 2.75) is 45.2 Å². The molecule has 3 rings (SSSR count). The summed E-state index contributed by atoms with van der Waals surface area (Å²) in [5.41, 5.74) is 4.53. The molecule has 1 saturated carbocycles. The van der Waals surface area contributed by atoms with Crippen LogP contribution in [0.2, 0.25) is 0 Å². The minimum Gasteiger partial charge on any atom is -0.382 e. The third-order valence-corrected chi connectivity index (χ3v) is 5.71. The lowest BCUT2D eigenvalue weighted by atomic mass is 9.71. The van der Waals surface area contributed by atoms with E-state index in [0.29, 0.717) is 17.5 Å². The second-order valence-corrected chi connectivity index (χ2v) is 8.01. The first-order valence-corrected chi connectivity index (χ1v) is 8.60. The van der Waals surface area contributed by atoms with Crippen molar-refractivity contribution in [3.63, 3.8) is 0 Å². The fraction of sp³-hybridized carbons (Fsp3) is 0.588. The Labute approximate surface area is 131 Å². The van der Waals surface area contributed by atoms with Crippen molar-refractivity contribution in [2.24, 2.45) is 5.41 Å². The van der Waals surface area contributed by atoms with Gasteiger partial charge in [-0.1, -0.05) is 13.8 Å². The number of thiazole rings is 1. The van der Waals surface area contributed by atoms with E-state index in [0.717, 1.165) is 5.52 Å². The second-order valence-electron chi connectivity index (χ2n) is 7.12. The molecule has 3 nitrogen and oxygen atoms in total. The Hall–Kier alpha value is -1.13. The van der Waals surface area contributed by atoms with E-state index >= 15 is 0 Å². The molecule has 1 aromatic carbocycles. The highest BCUT2D eigenvalue weighted by Gasteiger charge is 2.37.